The van der Waals surface area contributed by atoms with Crippen LogP contribution in [0.3, 0.4) is 0 Å². The van der Waals surface area contributed by atoms with Crippen LogP contribution in [0.5, 0.6) is 0 Å². The van der Waals surface area contributed by atoms with Gasteiger partial charge in [0, 0.05) is 30.1 Å². The molecule has 0 radical (unpaired) electrons. The number of carbonyl (C=O) groups is 1. The van der Waals surface area contributed by atoms with Crippen molar-refractivity contribution in [3.8, 4) is 0 Å². The lowest BCUT2D eigenvalue weighted by Crippen LogP contribution is -2.31. The number of carbonyl (C=O) groups excluding carboxylic acids is 1. The molecular formula is C13H23N3OS. The quantitative estimate of drug-likeness (QED) is 0.798. The number of nitrogens with one attached hydrogen (secondary N) is 2. The maximum Gasteiger partial charge on any atom is 0.221 e. The zero-order valence-corrected chi connectivity index (χ0v) is 12.4. The molecule has 5 heteroatoms. The molecule has 0 aliphatic carbocycles. The van der Waals surface area contributed by atoms with Crippen molar-refractivity contribution >= 4 is 17.2 Å². The van der Waals surface area contributed by atoms with Crippen molar-refractivity contribution in [3.05, 3.63) is 16.1 Å². The summed E-state index contributed by atoms with van der Waals surface area (Å²) in [6.45, 7) is 8.95. The summed E-state index contributed by atoms with van der Waals surface area (Å²) in [6, 6.07) is 0.420. The van der Waals surface area contributed by atoms with Crippen molar-refractivity contribution in [1.29, 1.82) is 0 Å². The second kappa shape index (κ2) is 7.48. The van der Waals surface area contributed by atoms with Gasteiger partial charge in [-0.2, -0.15) is 0 Å². The first-order valence-electron chi connectivity index (χ1n) is 6.50. The summed E-state index contributed by atoms with van der Waals surface area (Å²) in [5.74, 6) is 0.0731. The van der Waals surface area contributed by atoms with E-state index in [-0.39, 0.29) is 11.9 Å². The Morgan fingerprint density at radius 3 is 2.72 bits per heavy atom. The molecule has 0 saturated heterocycles. The highest BCUT2D eigenvalue weighted by Crippen LogP contribution is 2.20. The molecule has 1 unspecified atom stereocenters. The highest BCUT2D eigenvalue weighted by molar-refractivity contribution is 7.11. The number of aromatic nitrogens is 1. The fraction of sp³-hybridized carbons (Fsp3) is 0.692. The van der Waals surface area contributed by atoms with Gasteiger partial charge < -0.3 is 10.6 Å². The van der Waals surface area contributed by atoms with E-state index in [1.54, 1.807) is 11.3 Å². The molecule has 18 heavy (non-hydrogen) atoms. The summed E-state index contributed by atoms with van der Waals surface area (Å²) >= 11 is 1.67. The molecule has 4 nitrogen and oxygen atoms in total. The number of hydrogen-bond donors (Lipinski definition) is 2. The van der Waals surface area contributed by atoms with Gasteiger partial charge in [-0.05, 0) is 13.3 Å². The molecule has 2 N–H and O–H groups in total. The Hall–Kier alpha value is -0.940. The second-order valence-corrected chi connectivity index (χ2v) is 5.81. The standard InChI is InChI=1S/C13H23N3OS/c1-5-11-8-15-13(18-11)10(4)16-12(17)6-7-14-9(2)3/h8-10,14H,5-7H2,1-4H3,(H,16,17). The van der Waals surface area contributed by atoms with Crippen LogP contribution in [0, 0.1) is 0 Å². The van der Waals surface area contributed by atoms with Crippen LogP contribution < -0.4 is 10.6 Å². The number of thiazole rings is 1. The molecule has 1 amide bonds. The zero-order valence-electron chi connectivity index (χ0n) is 11.6. The van der Waals surface area contributed by atoms with Crippen LogP contribution in [0.25, 0.3) is 0 Å². The molecule has 0 aliphatic heterocycles. The van der Waals surface area contributed by atoms with E-state index in [0.29, 0.717) is 19.0 Å². The van der Waals surface area contributed by atoms with Gasteiger partial charge in [-0.1, -0.05) is 20.8 Å². The van der Waals surface area contributed by atoms with Gasteiger partial charge >= 0.3 is 0 Å². The van der Waals surface area contributed by atoms with Crippen molar-refractivity contribution in [3.63, 3.8) is 0 Å². The topological polar surface area (TPSA) is 54.0 Å². The Labute approximate surface area is 113 Å². The van der Waals surface area contributed by atoms with E-state index in [4.69, 9.17) is 0 Å². The summed E-state index contributed by atoms with van der Waals surface area (Å²) in [5.41, 5.74) is 0. The molecule has 1 aromatic rings. The van der Waals surface area contributed by atoms with Crippen molar-refractivity contribution in [2.75, 3.05) is 6.54 Å². The smallest absolute Gasteiger partial charge is 0.221 e. The van der Waals surface area contributed by atoms with Crippen molar-refractivity contribution < 1.29 is 4.79 Å². The average molecular weight is 269 g/mol. The molecule has 1 atom stereocenters. The first-order chi connectivity index (χ1) is 8.52. The maximum atomic E-state index is 11.7. The van der Waals surface area contributed by atoms with Crippen LogP contribution in [0.2, 0.25) is 0 Å². The molecule has 0 bridgehead atoms. The minimum atomic E-state index is 0.00171. The minimum Gasteiger partial charge on any atom is -0.347 e. The van der Waals surface area contributed by atoms with Crippen LogP contribution in [-0.4, -0.2) is 23.5 Å². The highest BCUT2D eigenvalue weighted by Gasteiger charge is 2.12. The van der Waals surface area contributed by atoms with E-state index in [0.717, 1.165) is 11.4 Å². The first kappa shape index (κ1) is 15.1. The SMILES string of the molecule is CCc1cnc(C(C)NC(=O)CCNC(C)C)s1. The summed E-state index contributed by atoms with van der Waals surface area (Å²) < 4.78 is 0. The normalized spacial score (nSPS) is 12.7. The van der Waals surface area contributed by atoms with E-state index in [1.165, 1.54) is 4.88 Å². The van der Waals surface area contributed by atoms with Gasteiger partial charge in [0.2, 0.25) is 5.91 Å². The summed E-state index contributed by atoms with van der Waals surface area (Å²) in [6.07, 6.45) is 3.40. The molecule has 0 spiro atoms. The van der Waals surface area contributed by atoms with E-state index in [9.17, 15) is 4.79 Å². The predicted octanol–water partition coefficient (Wildman–Crippen LogP) is 2.27. The van der Waals surface area contributed by atoms with E-state index >= 15 is 0 Å². The Kier molecular flexibility index (Phi) is 6.29. The Bertz CT molecular complexity index is 376. The number of aryl methyl sites for hydroxylation is 1. The van der Waals surface area contributed by atoms with E-state index in [1.807, 2.05) is 13.1 Å². The molecule has 0 aromatic carbocycles. The third-order valence-electron chi connectivity index (χ3n) is 2.57. The largest absolute Gasteiger partial charge is 0.347 e. The van der Waals surface area contributed by atoms with Gasteiger partial charge in [0.15, 0.2) is 0 Å². The lowest BCUT2D eigenvalue weighted by molar-refractivity contribution is -0.121. The Morgan fingerprint density at radius 1 is 1.44 bits per heavy atom. The van der Waals surface area contributed by atoms with Gasteiger partial charge in [0.1, 0.15) is 5.01 Å². The van der Waals surface area contributed by atoms with Gasteiger partial charge in [-0.25, -0.2) is 4.98 Å². The second-order valence-electron chi connectivity index (χ2n) is 4.67. The van der Waals surface area contributed by atoms with Gasteiger partial charge in [-0.15, -0.1) is 11.3 Å². The fourth-order valence-corrected chi connectivity index (χ4v) is 2.40. The van der Waals surface area contributed by atoms with Crippen molar-refractivity contribution in [2.45, 2.75) is 52.6 Å². The number of hydrogen-bond acceptors (Lipinski definition) is 4. The van der Waals surface area contributed by atoms with Crippen LogP contribution in [0.15, 0.2) is 6.20 Å². The third-order valence-corrected chi connectivity index (χ3v) is 3.90. The molecule has 0 aliphatic rings. The van der Waals surface area contributed by atoms with E-state index < -0.39 is 0 Å². The molecule has 1 heterocycles. The molecule has 1 aromatic heterocycles. The summed E-state index contributed by atoms with van der Waals surface area (Å²) in [4.78, 5) is 17.3. The zero-order chi connectivity index (χ0) is 13.5. The van der Waals surface area contributed by atoms with Crippen LogP contribution in [0.4, 0.5) is 0 Å². The number of nitrogens with zero attached hydrogens (tertiary/aromatic N) is 1. The molecule has 0 fully saturated rings. The van der Waals surface area contributed by atoms with E-state index in [2.05, 4.69) is 36.4 Å². The highest BCUT2D eigenvalue weighted by atomic mass is 32.1. The first-order valence-corrected chi connectivity index (χ1v) is 7.32. The van der Waals surface area contributed by atoms with Gasteiger partial charge in [0.25, 0.3) is 0 Å². The van der Waals surface area contributed by atoms with Crippen molar-refractivity contribution in [1.82, 2.24) is 15.6 Å². The van der Waals surface area contributed by atoms with Gasteiger partial charge in [0.05, 0.1) is 6.04 Å². The van der Waals surface area contributed by atoms with Crippen LogP contribution in [-0.2, 0) is 11.2 Å². The fourth-order valence-electron chi connectivity index (χ4n) is 1.54. The predicted molar refractivity (Wildman–Crippen MR) is 75.8 cm³/mol. The van der Waals surface area contributed by atoms with Crippen LogP contribution in [0.1, 0.15) is 50.0 Å². The van der Waals surface area contributed by atoms with Gasteiger partial charge in [-0.3, -0.25) is 4.79 Å². The molecule has 102 valence electrons. The molecular weight excluding hydrogens is 246 g/mol. The number of amides is 1. The lowest BCUT2D eigenvalue weighted by Gasteiger charge is -2.12. The summed E-state index contributed by atoms with van der Waals surface area (Å²) in [7, 11) is 0. The number of rotatable bonds is 7. The Balaban J connectivity index is 2.34. The third kappa shape index (κ3) is 5.14. The Morgan fingerprint density at radius 2 is 2.17 bits per heavy atom. The minimum absolute atomic E-state index is 0.00171. The van der Waals surface area contributed by atoms with Crippen LogP contribution >= 0.6 is 11.3 Å². The maximum absolute atomic E-state index is 11.7. The lowest BCUT2D eigenvalue weighted by atomic mass is 10.3. The molecule has 0 saturated carbocycles. The van der Waals surface area contributed by atoms with Crippen molar-refractivity contribution in [2.24, 2.45) is 0 Å². The summed E-state index contributed by atoms with van der Waals surface area (Å²) in [5, 5.41) is 7.19. The molecule has 1 rings (SSSR count). The monoisotopic (exact) mass is 269 g/mol. The average Bonchev–Trinajstić information content (AvgIpc) is 2.76.